The van der Waals surface area contributed by atoms with Gasteiger partial charge in [0.2, 0.25) is 0 Å². The molecule has 0 atom stereocenters. The van der Waals surface area contributed by atoms with Crippen LogP contribution in [-0.2, 0) is 10.2 Å². The summed E-state index contributed by atoms with van der Waals surface area (Å²) in [5.74, 6) is 0.383. The van der Waals surface area contributed by atoms with E-state index >= 15 is 0 Å². The predicted molar refractivity (Wildman–Crippen MR) is 116 cm³/mol. The Morgan fingerprint density at radius 1 is 1.00 bits per heavy atom. The van der Waals surface area contributed by atoms with Crippen molar-refractivity contribution >= 4 is 12.1 Å². The zero-order valence-electron chi connectivity index (χ0n) is 17.9. The van der Waals surface area contributed by atoms with Crippen molar-refractivity contribution in [3.63, 3.8) is 0 Å². The number of amides is 1. The molecule has 0 aliphatic carbocycles. The van der Waals surface area contributed by atoms with Crippen LogP contribution in [0.4, 0.5) is 0 Å². The molecule has 0 saturated heterocycles. The highest BCUT2D eigenvalue weighted by atomic mass is 16.5. The number of carbonyl (C=O) groups is 1. The molecule has 2 aromatic carbocycles. The van der Waals surface area contributed by atoms with Gasteiger partial charge in [-0.05, 0) is 47.4 Å². The number of aryl methyl sites for hydroxylation is 1. The smallest absolute Gasteiger partial charge is 0.277 e. The summed E-state index contributed by atoms with van der Waals surface area (Å²) in [7, 11) is 0. The Morgan fingerprint density at radius 3 is 2.18 bits per heavy atom. The van der Waals surface area contributed by atoms with Crippen LogP contribution in [-0.4, -0.2) is 18.7 Å². The third-order valence-electron chi connectivity index (χ3n) is 4.46. The average Bonchev–Trinajstić information content (AvgIpc) is 2.60. The Bertz CT molecular complexity index is 798. The molecule has 0 heterocycles. The van der Waals surface area contributed by atoms with Gasteiger partial charge in [0.15, 0.2) is 6.61 Å². The lowest BCUT2D eigenvalue weighted by Crippen LogP contribution is -2.25. The first-order chi connectivity index (χ1) is 13.0. The lowest BCUT2D eigenvalue weighted by atomic mass is 9.72. The highest BCUT2D eigenvalue weighted by molar-refractivity contribution is 5.82. The van der Waals surface area contributed by atoms with Gasteiger partial charge >= 0.3 is 0 Å². The van der Waals surface area contributed by atoms with E-state index in [4.69, 9.17) is 4.74 Å². The second-order valence-electron chi connectivity index (χ2n) is 9.14. The number of nitrogens with zero attached hydrogens (tertiary/aromatic N) is 1. The molecule has 0 bridgehead atoms. The summed E-state index contributed by atoms with van der Waals surface area (Å²) in [5.41, 5.74) is 6.20. The summed E-state index contributed by atoms with van der Waals surface area (Å²) < 4.78 is 5.57. The van der Waals surface area contributed by atoms with Gasteiger partial charge in [-0.3, -0.25) is 4.79 Å². The van der Waals surface area contributed by atoms with Gasteiger partial charge < -0.3 is 4.74 Å². The van der Waals surface area contributed by atoms with Gasteiger partial charge in [0.25, 0.3) is 5.91 Å². The molecule has 150 valence electrons. The maximum absolute atomic E-state index is 11.9. The van der Waals surface area contributed by atoms with Gasteiger partial charge in [0, 0.05) is 0 Å². The Kier molecular flexibility index (Phi) is 7.00. The van der Waals surface area contributed by atoms with Crippen molar-refractivity contribution in [2.24, 2.45) is 10.5 Å². The summed E-state index contributed by atoms with van der Waals surface area (Å²) in [6.45, 7) is 13.2. The van der Waals surface area contributed by atoms with Crippen molar-refractivity contribution in [3.8, 4) is 5.75 Å². The number of ether oxygens (including phenoxy) is 1. The fourth-order valence-electron chi connectivity index (χ4n) is 3.44. The third kappa shape index (κ3) is 7.18. The fourth-order valence-corrected chi connectivity index (χ4v) is 3.44. The molecule has 28 heavy (non-hydrogen) atoms. The predicted octanol–water partition coefficient (Wildman–Crippen LogP) is 5.24. The van der Waals surface area contributed by atoms with Crippen molar-refractivity contribution in [3.05, 3.63) is 65.2 Å². The Hall–Kier alpha value is -2.62. The molecule has 0 aromatic heterocycles. The Labute approximate surface area is 169 Å². The van der Waals surface area contributed by atoms with E-state index in [1.165, 1.54) is 11.1 Å². The number of hydrazone groups is 1. The van der Waals surface area contributed by atoms with Crippen LogP contribution in [0, 0.1) is 12.3 Å². The topological polar surface area (TPSA) is 50.7 Å². The SMILES string of the molecule is Cc1ccc(C=NNC(=O)COc2ccc(C(C)(C)CC(C)(C)C)cc2)cc1. The van der Waals surface area contributed by atoms with E-state index in [0.29, 0.717) is 5.75 Å². The maximum atomic E-state index is 11.9. The van der Waals surface area contributed by atoms with Crippen LogP contribution in [0.25, 0.3) is 0 Å². The third-order valence-corrected chi connectivity index (χ3v) is 4.46. The minimum Gasteiger partial charge on any atom is -0.484 e. The molecule has 1 N–H and O–H groups in total. The van der Waals surface area contributed by atoms with Crippen LogP contribution in [0.1, 0.15) is 57.7 Å². The van der Waals surface area contributed by atoms with Gasteiger partial charge in [-0.15, -0.1) is 0 Å². The molecule has 4 nitrogen and oxygen atoms in total. The van der Waals surface area contributed by atoms with Gasteiger partial charge in [0.1, 0.15) is 5.75 Å². The number of benzene rings is 2. The first-order valence-electron chi connectivity index (χ1n) is 9.67. The average molecular weight is 381 g/mol. The number of carbonyl (C=O) groups excluding carboxylic acids is 1. The van der Waals surface area contributed by atoms with Gasteiger partial charge in [0.05, 0.1) is 6.21 Å². The normalized spacial score (nSPS) is 12.2. The van der Waals surface area contributed by atoms with Crippen molar-refractivity contribution in [1.82, 2.24) is 5.43 Å². The molecule has 2 rings (SSSR count). The molecule has 1 amide bonds. The molecule has 4 heteroatoms. The van der Waals surface area contributed by atoms with Crippen LogP contribution in [0.5, 0.6) is 5.75 Å². The Morgan fingerprint density at radius 2 is 1.61 bits per heavy atom. The molecule has 0 aliphatic rings. The molecule has 2 aromatic rings. The number of hydrogen-bond acceptors (Lipinski definition) is 3. The minimum absolute atomic E-state index is 0.0734. The summed E-state index contributed by atoms with van der Waals surface area (Å²) in [5, 5.41) is 3.96. The van der Waals surface area contributed by atoms with Crippen molar-refractivity contribution < 1.29 is 9.53 Å². The minimum atomic E-state index is -0.291. The first-order valence-corrected chi connectivity index (χ1v) is 9.67. The van der Waals surface area contributed by atoms with Crippen molar-refractivity contribution in [2.75, 3.05) is 6.61 Å². The van der Waals surface area contributed by atoms with Crippen molar-refractivity contribution in [2.45, 2.75) is 53.4 Å². The molecular weight excluding hydrogens is 348 g/mol. The van der Waals surface area contributed by atoms with Gasteiger partial charge in [-0.1, -0.05) is 76.6 Å². The molecule has 0 saturated carbocycles. The van der Waals surface area contributed by atoms with Gasteiger partial charge in [-0.2, -0.15) is 5.10 Å². The van der Waals surface area contributed by atoms with E-state index < -0.39 is 0 Å². The zero-order chi connectivity index (χ0) is 20.8. The van der Waals surface area contributed by atoms with Crippen LogP contribution in [0.3, 0.4) is 0 Å². The van der Waals surface area contributed by atoms with Crippen molar-refractivity contribution in [1.29, 1.82) is 0 Å². The standard InChI is InChI=1S/C24H32N2O2/c1-18-7-9-19(10-8-18)15-25-26-22(27)16-28-21-13-11-20(12-14-21)24(5,6)17-23(2,3)4/h7-15H,16-17H2,1-6H3,(H,26,27). The molecular formula is C24H32N2O2. The Balaban J connectivity index is 1.84. The molecule has 0 radical (unpaired) electrons. The maximum Gasteiger partial charge on any atom is 0.277 e. The molecule has 0 fully saturated rings. The van der Waals surface area contributed by atoms with E-state index in [0.717, 1.165) is 12.0 Å². The zero-order valence-corrected chi connectivity index (χ0v) is 17.9. The number of nitrogens with one attached hydrogen (secondary N) is 1. The van der Waals surface area contributed by atoms with Crippen LogP contribution in [0.15, 0.2) is 53.6 Å². The summed E-state index contributed by atoms with van der Waals surface area (Å²) in [6, 6.07) is 15.9. The summed E-state index contributed by atoms with van der Waals surface area (Å²) >= 11 is 0. The summed E-state index contributed by atoms with van der Waals surface area (Å²) in [4.78, 5) is 11.9. The molecule has 0 spiro atoms. The monoisotopic (exact) mass is 380 g/mol. The summed E-state index contributed by atoms with van der Waals surface area (Å²) in [6.07, 6.45) is 2.70. The van der Waals surface area contributed by atoms with E-state index in [1.54, 1.807) is 6.21 Å². The first kappa shape index (κ1) is 21.7. The number of hydrogen-bond donors (Lipinski definition) is 1. The second kappa shape index (κ2) is 9.05. The lowest BCUT2D eigenvalue weighted by Gasteiger charge is -2.33. The molecule has 0 unspecified atom stereocenters. The van der Waals surface area contributed by atoms with E-state index in [9.17, 15) is 4.79 Å². The quantitative estimate of drug-likeness (QED) is 0.528. The van der Waals surface area contributed by atoms with E-state index in [1.807, 2.05) is 43.3 Å². The van der Waals surface area contributed by atoms with Crippen LogP contribution in [0.2, 0.25) is 0 Å². The van der Waals surface area contributed by atoms with E-state index in [2.05, 4.69) is 57.3 Å². The largest absolute Gasteiger partial charge is 0.484 e. The lowest BCUT2D eigenvalue weighted by molar-refractivity contribution is -0.123. The molecule has 0 aliphatic heterocycles. The van der Waals surface area contributed by atoms with Gasteiger partial charge in [-0.25, -0.2) is 5.43 Å². The van der Waals surface area contributed by atoms with E-state index in [-0.39, 0.29) is 23.3 Å². The van der Waals surface area contributed by atoms with Crippen LogP contribution < -0.4 is 10.2 Å². The second-order valence-corrected chi connectivity index (χ2v) is 9.14. The highest BCUT2D eigenvalue weighted by Gasteiger charge is 2.27. The highest BCUT2D eigenvalue weighted by Crippen LogP contribution is 2.36. The number of rotatable bonds is 7. The van der Waals surface area contributed by atoms with Crippen LogP contribution >= 0.6 is 0 Å². The fraction of sp³-hybridized carbons (Fsp3) is 0.417.